The summed E-state index contributed by atoms with van der Waals surface area (Å²) >= 11 is 0. The smallest absolute Gasteiger partial charge is 0.311 e. The molecule has 2 heterocycles. The lowest BCUT2D eigenvalue weighted by Crippen LogP contribution is -2.59. The normalized spacial score (nSPS) is 46.6. The van der Waals surface area contributed by atoms with Crippen LogP contribution in [-0.4, -0.2) is 101 Å². The van der Waals surface area contributed by atoms with Crippen LogP contribution in [0.2, 0.25) is 0 Å². The summed E-state index contributed by atoms with van der Waals surface area (Å²) in [7, 11) is 5.44. The van der Waals surface area contributed by atoms with Crippen LogP contribution < -0.4 is 0 Å². The van der Waals surface area contributed by atoms with Crippen molar-refractivity contribution in [3.8, 4) is 0 Å². The van der Waals surface area contributed by atoms with Gasteiger partial charge in [0.1, 0.15) is 12.2 Å². The number of aliphatic hydroxyl groups excluding tert-OH is 2. The summed E-state index contributed by atoms with van der Waals surface area (Å²) in [5.74, 6) is -2.19. The van der Waals surface area contributed by atoms with E-state index in [9.17, 15) is 20.1 Å². The minimum absolute atomic E-state index is 0.0279. The zero-order valence-corrected chi connectivity index (χ0v) is 26.7. The van der Waals surface area contributed by atoms with Gasteiger partial charge in [0.05, 0.1) is 35.4 Å². The van der Waals surface area contributed by atoms with Gasteiger partial charge in [-0.05, 0) is 79.3 Å². The number of cyclic esters (lactones) is 1. The van der Waals surface area contributed by atoms with Crippen molar-refractivity contribution in [1.29, 1.82) is 0 Å². The van der Waals surface area contributed by atoms with Gasteiger partial charge >= 0.3 is 5.97 Å². The Labute approximate surface area is 242 Å². The summed E-state index contributed by atoms with van der Waals surface area (Å²) in [6.45, 7) is 19.4. The highest BCUT2D eigenvalue weighted by Crippen LogP contribution is 2.40. The first kappa shape index (κ1) is 35.1. The minimum atomic E-state index is -1.27. The van der Waals surface area contributed by atoms with E-state index in [2.05, 4.69) is 13.5 Å². The van der Waals surface area contributed by atoms with Crippen LogP contribution in [0.25, 0.3) is 0 Å². The molecule has 2 saturated heterocycles. The Morgan fingerprint density at radius 2 is 1.62 bits per heavy atom. The average Bonchev–Trinajstić information content (AvgIpc) is 2.88. The number of carbonyl (C=O) groups excluding carboxylic acids is 1. The highest BCUT2D eigenvalue weighted by Gasteiger charge is 2.49. The Hall–Kier alpha value is -1.07. The maximum atomic E-state index is 13.3. The number of methoxy groups -OCH3 is 1. The second kappa shape index (κ2) is 13.9. The molecule has 0 amide bonds. The number of esters is 1. The third kappa shape index (κ3) is 7.85. The van der Waals surface area contributed by atoms with Crippen molar-refractivity contribution in [3.05, 3.63) is 12.2 Å². The van der Waals surface area contributed by atoms with Gasteiger partial charge in [0.2, 0.25) is 0 Å². The van der Waals surface area contributed by atoms with Gasteiger partial charge in [-0.1, -0.05) is 39.8 Å². The van der Waals surface area contributed by atoms with E-state index in [1.807, 2.05) is 53.6 Å². The fraction of sp³-hybridized carbons (Fsp3) is 0.903. The molecule has 0 bridgehead atoms. The third-order valence-electron chi connectivity index (χ3n) is 9.55. The second-order valence-corrected chi connectivity index (χ2v) is 13.3. The molecule has 9 nitrogen and oxygen atoms in total. The van der Waals surface area contributed by atoms with E-state index >= 15 is 0 Å². The highest BCUT2D eigenvalue weighted by atomic mass is 16.7. The lowest BCUT2D eigenvalue weighted by Gasteiger charge is -2.48. The molecule has 2 fully saturated rings. The van der Waals surface area contributed by atoms with E-state index in [1.165, 1.54) is 0 Å². The predicted octanol–water partition coefficient (Wildman–Crippen LogP) is 3.53. The number of likely N-dealkylation sites (N-methyl/N-ethyl adjacent to an activating group) is 1. The van der Waals surface area contributed by atoms with Gasteiger partial charge in [-0.2, -0.15) is 0 Å². The van der Waals surface area contributed by atoms with E-state index < -0.39 is 59.7 Å². The van der Waals surface area contributed by atoms with Gasteiger partial charge < -0.3 is 39.2 Å². The Balaban J connectivity index is 2.56. The molecule has 0 aromatic carbocycles. The first-order valence-electron chi connectivity index (χ1n) is 14.9. The summed E-state index contributed by atoms with van der Waals surface area (Å²) in [6.07, 6.45) is -2.72. The summed E-state index contributed by atoms with van der Waals surface area (Å²) in [6, 6.07) is -0.173. The van der Waals surface area contributed by atoms with Crippen molar-refractivity contribution in [3.63, 3.8) is 0 Å². The SMILES string of the molecule is C=C1C(C)C[C@](C)(O)[C@@H](CC)OC(=O)C(C)C(O)[C@H](C)[C@@H](OC2OC(C)CC(N(C)C)[C@H]2O)[C@](C)(OC)C[C@H]1C. The number of ether oxygens (including phenoxy) is 4. The van der Waals surface area contributed by atoms with Gasteiger partial charge in [-0.15, -0.1) is 0 Å². The van der Waals surface area contributed by atoms with Gasteiger partial charge in [-0.25, -0.2) is 0 Å². The third-order valence-corrected chi connectivity index (χ3v) is 9.55. The Morgan fingerprint density at radius 3 is 2.15 bits per heavy atom. The summed E-state index contributed by atoms with van der Waals surface area (Å²) in [4.78, 5) is 15.2. The average molecular weight is 572 g/mol. The molecule has 2 aliphatic rings. The van der Waals surface area contributed by atoms with Crippen LogP contribution >= 0.6 is 0 Å². The van der Waals surface area contributed by atoms with Gasteiger partial charge in [-0.3, -0.25) is 4.79 Å². The molecule has 2 aliphatic heterocycles. The Morgan fingerprint density at radius 1 is 1.05 bits per heavy atom. The number of aliphatic hydroxyl groups is 3. The minimum Gasteiger partial charge on any atom is -0.459 e. The summed E-state index contributed by atoms with van der Waals surface area (Å²) in [5, 5.41) is 34.1. The molecular weight excluding hydrogens is 514 g/mol. The van der Waals surface area contributed by atoms with E-state index in [-0.39, 0.29) is 24.0 Å². The Bertz CT molecular complexity index is 849. The van der Waals surface area contributed by atoms with Crippen molar-refractivity contribution in [2.24, 2.45) is 23.7 Å². The second-order valence-electron chi connectivity index (χ2n) is 13.3. The van der Waals surface area contributed by atoms with Crippen molar-refractivity contribution < 1.29 is 39.1 Å². The maximum Gasteiger partial charge on any atom is 0.311 e. The number of nitrogens with zero attached hydrogens (tertiary/aromatic N) is 1. The fourth-order valence-electron chi connectivity index (χ4n) is 6.72. The summed E-state index contributed by atoms with van der Waals surface area (Å²) < 4.78 is 24.7. The first-order chi connectivity index (χ1) is 18.4. The highest BCUT2D eigenvalue weighted by molar-refractivity contribution is 5.73. The topological polar surface area (TPSA) is 118 Å². The molecule has 3 N–H and O–H groups in total. The Kier molecular flexibility index (Phi) is 12.2. The molecule has 0 radical (unpaired) electrons. The molecule has 0 aromatic heterocycles. The first-order valence-corrected chi connectivity index (χ1v) is 14.9. The van der Waals surface area contributed by atoms with Crippen LogP contribution in [-0.2, 0) is 23.7 Å². The van der Waals surface area contributed by atoms with Crippen LogP contribution in [0.1, 0.15) is 81.1 Å². The molecule has 0 aromatic rings. The van der Waals surface area contributed by atoms with Crippen molar-refractivity contribution in [2.45, 2.75) is 135 Å². The summed E-state index contributed by atoms with van der Waals surface area (Å²) in [5.41, 5.74) is -1.27. The molecule has 0 aliphatic carbocycles. The molecule has 0 spiro atoms. The zero-order valence-electron chi connectivity index (χ0n) is 26.7. The molecule has 234 valence electrons. The van der Waals surface area contributed by atoms with Crippen LogP contribution in [0.5, 0.6) is 0 Å². The van der Waals surface area contributed by atoms with Crippen molar-refractivity contribution in [2.75, 3.05) is 21.2 Å². The van der Waals surface area contributed by atoms with E-state index in [1.54, 1.807) is 21.0 Å². The number of hydrogen-bond donors (Lipinski definition) is 3. The van der Waals surface area contributed by atoms with Crippen LogP contribution in [0.4, 0.5) is 0 Å². The van der Waals surface area contributed by atoms with Crippen molar-refractivity contribution >= 4 is 5.97 Å². The molecular formula is C31H57NO8. The quantitative estimate of drug-likeness (QED) is 0.336. The number of hydrogen-bond acceptors (Lipinski definition) is 9. The number of rotatable bonds is 5. The molecule has 13 atom stereocenters. The van der Waals surface area contributed by atoms with E-state index in [4.69, 9.17) is 18.9 Å². The largest absolute Gasteiger partial charge is 0.459 e. The predicted molar refractivity (Wildman–Crippen MR) is 155 cm³/mol. The van der Waals surface area contributed by atoms with E-state index in [0.29, 0.717) is 25.7 Å². The fourth-order valence-corrected chi connectivity index (χ4v) is 6.72. The van der Waals surface area contributed by atoms with Crippen molar-refractivity contribution in [1.82, 2.24) is 4.90 Å². The van der Waals surface area contributed by atoms with Gasteiger partial charge in [0.25, 0.3) is 0 Å². The number of carbonyl (C=O) groups is 1. The molecule has 0 saturated carbocycles. The lowest BCUT2D eigenvalue weighted by molar-refractivity contribution is -0.301. The lowest BCUT2D eigenvalue weighted by atomic mass is 9.73. The van der Waals surface area contributed by atoms with Crippen LogP contribution in [0.3, 0.4) is 0 Å². The standard InChI is InChI=1S/C31H57NO8/c1-13-24-30(8,36)15-17(2)20(5)18(3)16-31(9,37-12)27(21(6)25(33)22(7)28(35)39-24)40-29-26(34)23(32(10)11)14-19(4)38-29/h17-19,21-27,29,33-34,36H,5,13-16H2,1-4,6-12H3/t17?,18-,19?,21+,22?,23?,24-,25?,26-,27-,29?,30+,31-/m1/s1. The van der Waals surface area contributed by atoms with Crippen LogP contribution in [0, 0.1) is 23.7 Å². The molecule has 40 heavy (non-hydrogen) atoms. The zero-order chi connectivity index (χ0) is 30.7. The molecule has 9 heteroatoms. The molecule has 2 rings (SSSR count). The van der Waals surface area contributed by atoms with Gasteiger partial charge in [0, 0.05) is 19.1 Å². The van der Waals surface area contributed by atoms with E-state index in [0.717, 1.165) is 5.57 Å². The molecule has 6 unspecified atom stereocenters. The monoisotopic (exact) mass is 571 g/mol. The number of allylic oxidation sites excluding steroid dienone is 1. The van der Waals surface area contributed by atoms with Crippen LogP contribution in [0.15, 0.2) is 12.2 Å². The van der Waals surface area contributed by atoms with Gasteiger partial charge in [0.15, 0.2) is 6.29 Å². The maximum absolute atomic E-state index is 13.3.